The SMILES string of the molecule is COc1cccc2c(C(C)C)c(CNCC(C)C)sc12. The molecule has 0 bridgehead atoms. The van der Waals surface area contributed by atoms with Crippen molar-refractivity contribution in [3.05, 3.63) is 28.6 Å². The molecule has 0 spiro atoms. The van der Waals surface area contributed by atoms with E-state index in [0.29, 0.717) is 11.8 Å². The van der Waals surface area contributed by atoms with Gasteiger partial charge in [0.1, 0.15) is 5.75 Å². The quantitative estimate of drug-likeness (QED) is 0.827. The molecule has 1 aromatic carbocycles. The maximum atomic E-state index is 5.51. The highest BCUT2D eigenvalue weighted by molar-refractivity contribution is 7.19. The Balaban J connectivity index is 2.39. The van der Waals surface area contributed by atoms with E-state index in [4.69, 9.17) is 4.74 Å². The summed E-state index contributed by atoms with van der Waals surface area (Å²) in [5.74, 6) is 2.21. The molecule has 110 valence electrons. The van der Waals surface area contributed by atoms with Gasteiger partial charge in [-0.05, 0) is 35.4 Å². The van der Waals surface area contributed by atoms with E-state index in [9.17, 15) is 0 Å². The van der Waals surface area contributed by atoms with Crippen LogP contribution in [0.15, 0.2) is 18.2 Å². The number of fused-ring (bicyclic) bond motifs is 1. The van der Waals surface area contributed by atoms with E-state index in [0.717, 1.165) is 18.8 Å². The molecule has 0 saturated heterocycles. The second-order valence-electron chi connectivity index (χ2n) is 5.96. The van der Waals surface area contributed by atoms with Crippen LogP contribution in [0.2, 0.25) is 0 Å². The van der Waals surface area contributed by atoms with E-state index in [1.165, 1.54) is 20.5 Å². The van der Waals surface area contributed by atoms with Crippen molar-refractivity contribution >= 4 is 21.4 Å². The van der Waals surface area contributed by atoms with E-state index in [2.05, 4.69) is 45.1 Å². The Labute approximate surface area is 126 Å². The maximum absolute atomic E-state index is 5.51. The summed E-state index contributed by atoms with van der Waals surface area (Å²) in [7, 11) is 1.75. The fraction of sp³-hybridized carbons (Fsp3) is 0.529. The minimum atomic E-state index is 0.534. The number of nitrogens with one attached hydrogen (secondary N) is 1. The van der Waals surface area contributed by atoms with Gasteiger partial charge in [0.15, 0.2) is 0 Å². The van der Waals surface area contributed by atoms with Crippen LogP contribution in [0, 0.1) is 5.92 Å². The predicted molar refractivity (Wildman–Crippen MR) is 89.0 cm³/mol. The van der Waals surface area contributed by atoms with Crippen molar-refractivity contribution in [2.45, 2.75) is 40.2 Å². The second-order valence-corrected chi connectivity index (χ2v) is 7.06. The van der Waals surface area contributed by atoms with Crippen LogP contribution in [-0.4, -0.2) is 13.7 Å². The molecule has 0 aliphatic rings. The molecule has 2 nitrogen and oxygen atoms in total. The number of benzene rings is 1. The fourth-order valence-corrected chi connectivity index (χ4v) is 3.98. The van der Waals surface area contributed by atoms with Crippen LogP contribution in [0.25, 0.3) is 10.1 Å². The van der Waals surface area contributed by atoms with E-state index >= 15 is 0 Å². The summed E-state index contributed by atoms with van der Waals surface area (Å²) in [6.07, 6.45) is 0. The lowest BCUT2D eigenvalue weighted by Crippen LogP contribution is -2.19. The van der Waals surface area contributed by atoms with Gasteiger partial charge in [-0.15, -0.1) is 11.3 Å². The molecule has 0 aliphatic heterocycles. The topological polar surface area (TPSA) is 21.3 Å². The second kappa shape index (κ2) is 6.59. The monoisotopic (exact) mass is 291 g/mol. The van der Waals surface area contributed by atoms with E-state index in [1.807, 2.05) is 17.4 Å². The van der Waals surface area contributed by atoms with Gasteiger partial charge in [0.2, 0.25) is 0 Å². The number of hydrogen-bond acceptors (Lipinski definition) is 3. The number of thiophene rings is 1. The van der Waals surface area contributed by atoms with Crippen molar-refractivity contribution < 1.29 is 4.74 Å². The fourth-order valence-electron chi connectivity index (χ4n) is 2.56. The van der Waals surface area contributed by atoms with Gasteiger partial charge in [0.05, 0.1) is 11.8 Å². The number of rotatable bonds is 6. The van der Waals surface area contributed by atoms with E-state index < -0.39 is 0 Å². The molecule has 0 amide bonds. The molecule has 1 N–H and O–H groups in total. The van der Waals surface area contributed by atoms with E-state index in [1.54, 1.807) is 7.11 Å². The first-order chi connectivity index (χ1) is 9.54. The largest absolute Gasteiger partial charge is 0.495 e. The molecule has 0 aliphatic carbocycles. The number of hydrogen-bond donors (Lipinski definition) is 1. The van der Waals surface area contributed by atoms with Crippen LogP contribution in [0.4, 0.5) is 0 Å². The number of ether oxygens (including phenoxy) is 1. The van der Waals surface area contributed by atoms with Gasteiger partial charge in [0.25, 0.3) is 0 Å². The van der Waals surface area contributed by atoms with Gasteiger partial charge < -0.3 is 10.1 Å². The highest BCUT2D eigenvalue weighted by atomic mass is 32.1. The molecule has 1 heterocycles. The zero-order valence-corrected chi connectivity index (χ0v) is 13.9. The molecule has 0 atom stereocenters. The van der Waals surface area contributed by atoms with Crippen LogP contribution in [0.1, 0.15) is 44.1 Å². The zero-order chi connectivity index (χ0) is 14.7. The first-order valence-electron chi connectivity index (χ1n) is 7.33. The summed E-state index contributed by atoms with van der Waals surface area (Å²) in [5.41, 5.74) is 1.47. The third-order valence-electron chi connectivity index (χ3n) is 3.43. The lowest BCUT2D eigenvalue weighted by Gasteiger charge is -2.10. The smallest absolute Gasteiger partial charge is 0.136 e. The lowest BCUT2D eigenvalue weighted by atomic mass is 9.99. The Morgan fingerprint density at radius 2 is 1.95 bits per heavy atom. The third-order valence-corrected chi connectivity index (χ3v) is 4.67. The van der Waals surface area contributed by atoms with Gasteiger partial charge in [-0.3, -0.25) is 0 Å². The normalized spacial score (nSPS) is 11.8. The molecule has 2 rings (SSSR count). The summed E-state index contributed by atoms with van der Waals surface area (Å²) in [5, 5.41) is 4.92. The average molecular weight is 291 g/mol. The molecule has 3 heteroatoms. The average Bonchev–Trinajstić information content (AvgIpc) is 2.76. The van der Waals surface area contributed by atoms with E-state index in [-0.39, 0.29) is 0 Å². The third kappa shape index (κ3) is 3.15. The van der Waals surface area contributed by atoms with Gasteiger partial charge in [0, 0.05) is 11.4 Å². The maximum Gasteiger partial charge on any atom is 0.136 e. The molecule has 2 aromatic rings. The molecule has 0 fully saturated rings. The molecular formula is C17H25NOS. The predicted octanol–water partition coefficient (Wildman–Crippen LogP) is 4.78. The Morgan fingerprint density at radius 3 is 2.55 bits per heavy atom. The molecule has 0 radical (unpaired) electrons. The molecule has 0 saturated carbocycles. The summed E-state index contributed by atoms with van der Waals surface area (Å²) in [6, 6.07) is 6.36. The van der Waals surface area contributed by atoms with Gasteiger partial charge >= 0.3 is 0 Å². The van der Waals surface area contributed by atoms with Crippen LogP contribution < -0.4 is 10.1 Å². The van der Waals surface area contributed by atoms with Crippen LogP contribution in [-0.2, 0) is 6.54 Å². The summed E-state index contributed by atoms with van der Waals surface area (Å²) >= 11 is 1.87. The first kappa shape index (κ1) is 15.3. The van der Waals surface area contributed by atoms with Gasteiger partial charge in [-0.1, -0.05) is 39.8 Å². The highest BCUT2D eigenvalue weighted by Gasteiger charge is 2.17. The van der Waals surface area contributed by atoms with Crippen LogP contribution in [0.5, 0.6) is 5.75 Å². The summed E-state index contributed by atoms with van der Waals surface area (Å²) in [6.45, 7) is 11.0. The van der Waals surface area contributed by atoms with Crippen molar-refractivity contribution in [3.8, 4) is 5.75 Å². The number of methoxy groups -OCH3 is 1. The lowest BCUT2D eigenvalue weighted by molar-refractivity contribution is 0.420. The van der Waals surface area contributed by atoms with Crippen LogP contribution >= 0.6 is 11.3 Å². The zero-order valence-electron chi connectivity index (χ0n) is 13.1. The van der Waals surface area contributed by atoms with Gasteiger partial charge in [-0.25, -0.2) is 0 Å². The summed E-state index contributed by atoms with van der Waals surface area (Å²) in [4.78, 5) is 1.44. The first-order valence-corrected chi connectivity index (χ1v) is 8.15. The van der Waals surface area contributed by atoms with Crippen molar-refractivity contribution in [1.29, 1.82) is 0 Å². The Hall–Kier alpha value is -1.06. The van der Waals surface area contributed by atoms with Crippen molar-refractivity contribution in [2.24, 2.45) is 5.92 Å². The minimum Gasteiger partial charge on any atom is -0.495 e. The highest BCUT2D eigenvalue weighted by Crippen LogP contribution is 2.40. The van der Waals surface area contributed by atoms with Gasteiger partial charge in [-0.2, -0.15) is 0 Å². The Bertz CT molecular complexity index is 572. The minimum absolute atomic E-state index is 0.534. The molecular weight excluding hydrogens is 266 g/mol. The van der Waals surface area contributed by atoms with Crippen molar-refractivity contribution in [2.75, 3.05) is 13.7 Å². The Morgan fingerprint density at radius 1 is 1.20 bits per heavy atom. The summed E-state index contributed by atoms with van der Waals surface area (Å²) < 4.78 is 6.79. The Kier molecular flexibility index (Phi) is 5.06. The molecule has 20 heavy (non-hydrogen) atoms. The molecule has 1 aromatic heterocycles. The standard InChI is InChI=1S/C17H25NOS/c1-11(2)9-18-10-15-16(12(3)4)13-7-6-8-14(19-5)17(13)20-15/h6-8,11-12,18H,9-10H2,1-5H3. The van der Waals surface area contributed by atoms with Crippen LogP contribution in [0.3, 0.4) is 0 Å². The van der Waals surface area contributed by atoms with Crippen molar-refractivity contribution in [1.82, 2.24) is 5.32 Å². The van der Waals surface area contributed by atoms with Crippen molar-refractivity contribution in [3.63, 3.8) is 0 Å². The molecule has 0 unspecified atom stereocenters.